The van der Waals surface area contributed by atoms with Crippen LogP contribution in [-0.2, 0) is 0 Å². The van der Waals surface area contributed by atoms with Crippen LogP contribution in [0.3, 0.4) is 0 Å². The lowest BCUT2D eigenvalue weighted by Crippen LogP contribution is -2.14. The highest BCUT2D eigenvalue weighted by Crippen LogP contribution is 2.43. The molecule has 2 heteroatoms. The van der Waals surface area contributed by atoms with Crippen molar-refractivity contribution in [3.63, 3.8) is 0 Å². The van der Waals surface area contributed by atoms with Gasteiger partial charge in [-0.05, 0) is 49.4 Å². The number of aryl methyl sites for hydroxylation is 1. The van der Waals surface area contributed by atoms with Crippen LogP contribution in [0.15, 0.2) is 48.5 Å². The van der Waals surface area contributed by atoms with Crippen LogP contribution in [0, 0.1) is 12.8 Å². The van der Waals surface area contributed by atoms with Crippen molar-refractivity contribution in [2.24, 2.45) is 5.92 Å². The van der Waals surface area contributed by atoms with Crippen molar-refractivity contribution in [2.75, 3.05) is 24.3 Å². The molecule has 1 unspecified atom stereocenters. The van der Waals surface area contributed by atoms with E-state index in [0.717, 1.165) is 5.92 Å². The van der Waals surface area contributed by atoms with E-state index in [2.05, 4.69) is 79.8 Å². The lowest BCUT2D eigenvalue weighted by Gasteiger charge is -2.22. The van der Waals surface area contributed by atoms with Gasteiger partial charge in [0.25, 0.3) is 0 Å². The third kappa shape index (κ3) is 3.38. The molecule has 1 N–H and O–H groups in total. The van der Waals surface area contributed by atoms with E-state index in [1.807, 2.05) is 0 Å². The molecule has 21 heavy (non-hydrogen) atoms. The smallest absolute Gasteiger partial charge is 0.0542 e. The molecule has 1 atom stereocenters. The third-order valence-electron chi connectivity index (χ3n) is 4.21. The van der Waals surface area contributed by atoms with Gasteiger partial charge >= 0.3 is 0 Å². The van der Waals surface area contributed by atoms with Crippen LogP contribution >= 0.6 is 0 Å². The number of hydrogen-bond donors (Lipinski definition) is 1. The van der Waals surface area contributed by atoms with Crippen molar-refractivity contribution in [2.45, 2.75) is 25.8 Å². The highest BCUT2D eigenvalue weighted by atomic mass is 15.1. The van der Waals surface area contributed by atoms with Crippen molar-refractivity contribution >= 4 is 11.4 Å². The molecule has 0 aliphatic heterocycles. The number of hydrogen-bond acceptors (Lipinski definition) is 2. The zero-order valence-corrected chi connectivity index (χ0v) is 13.1. The Hall–Kier alpha value is -1.96. The molecule has 1 fully saturated rings. The predicted octanol–water partition coefficient (Wildman–Crippen LogP) is 4.62. The Kier molecular flexibility index (Phi) is 3.87. The maximum atomic E-state index is 3.75. The summed E-state index contributed by atoms with van der Waals surface area (Å²) in [6.07, 6.45) is 2.66. The zero-order valence-electron chi connectivity index (χ0n) is 13.1. The second kappa shape index (κ2) is 5.80. The van der Waals surface area contributed by atoms with E-state index in [0.29, 0.717) is 6.04 Å². The Morgan fingerprint density at radius 3 is 2.38 bits per heavy atom. The zero-order chi connectivity index (χ0) is 14.8. The largest absolute Gasteiger partial charge is 0.378 e. The molecule has 0 saturated heterocycles. The van der Waals surface area contributed by atoms with Crippen molar-refractivity contribution in [1.29, 1.82) is 0 Å². The van der Waals surface area contributed by atoms with E-state index in [1.54, 1.807) is 0 Å². The minimum Gasteiger partial charge on any atom is -0.378 e. The molecule has 0 heterocycles. The van der Waals surface area contributed by atoms with Crippen LogP contribution in [0.1, 0.15) is 30.0 Å². The van der Waals surface area contributed by atoms with Crippen LogP contribution < -0.4 is 10.2 Å². The maximum absolute atomic E-state index is 3.75. The van der Waals surface area contributed by atoms with Gasteiger partial charge in [0.15, 0.2) is 0 Å². The third-order valence-corrected chi connectivity index (χ3v) is 4.21. The normalized spacial score (nSPS) is 15.6. The second-order valence-electron chi connectivity index (χ2n) is 6.31. The van der Waals surface area contributed by atoms with Crippen LogP contribution in [0.25, 0.3) is 0 Å². The second-order valence-corrected chi connectivity index (χ2v) is 6.31. The van der Waals surface area contributed by atoms with E-state index >= 15 is 0 Å². The summed E-state index contributed by atoms with van der Waals surface area (Å²) in [5, 5.41) is 3.75. The minimum absolute atomic E-state index is 0.433. The summed E-state index contributed by atoms with van der Waals surface area (Å²) in [7, 11) is 4.16. The summed E-state index contributed by atoms with van der Waals surface area (Å²) >= 11 is 0. The van der Waals surface area contributed by atoms with E-state index in [9.17, 15) is 0 Å². The Morgan fingerprint density at radius 2 is 1.76 bits per heavy atom. The molecule has 110 valence electrons. The van der Waals surface area contributed by atoms with Gasteiger partial charge in [0.2, 0.25) is 0 Å². The van der Waals surface area contributed by atoms with Gasteiger partial charge in [-0.3, -0.25) is 0 Å². The average Bonchev–Trinajstić information content (AvgIpc) is 3.31. The number of rotatable bonds is 5. The topological polar surface area (TPSA) is 15.3 Å². The summed E-state index contributed by atoms with van der Waals surface area (Å²) < 4.78 is 0. The first-order valence-corrected chi connectivity index (χ1v) is 7.74. The molecule has 2 nitrogen and oxygen atoms in total. The first kappa shape index (κ1) is 14.0. The van der Waals surface area contributed by atoms with Crippen molar-refractivity contribution in [3.8, 4) is 0 Å². The summed E-state index contributed by atoms with van der Waals surface area (Å²) in [5.41, 5.74) is 5.17. The van der Waals surface area contributed by atoms with Crippen LogP contribution in [0.2, 0.25) is 0 Å². The lowest BCUT2D eigenvalue weighted by molar-refractivity contribution is 0.679. The number of nitrogens with zero attached hydrogens (tertiary/aromatic N) is 1. The Balaban J connectivity index is 1.82. The molecule has 1 saturated carbocycles. The predicted molar refractivity (Wildman–Crippen MR) is 91.0 cm³/mol. The quantitative estimate of drug-likeness (QED) is 0.859. The van der Waals surface area contributed by atoms with E-state index in [4.69, 9.17) is 0 Å². The fourth-order valence-electron chi connectivity index (χ4n) is 2.73. The fourth-order valence-corrected chi connectivity index (χ4v) is 2.73. The van der Waals surface area contributed by atoms with Gasteiger partial charge < -0.3 is 10.2 Å². The van der Waals surface area contributed by atoms with Crippen LogP contribution in [-0.4, -0.2) is 14.1 Å². The molecule has 0 amide bonds. The summed E-state index contributed by atoms with van der Waals surface area (Å²) in [6, 6.07) is 18.0. The van der Waals surface area contributed by atoms with Crippen molar-refractivity contribution < 1.29 is 0 Å². The molecular formula is C19H24N2. The van der Waals surface area contributed by atoms with Crippen molar-refractivity contribution in [1.82, 2.24) is 0 Å². The van der Waals surface area contributed by atoms with Crippen LogP contribution in [0.4, 0.5) is 11.4 Å². The molecule has 1 aliphatic rings. The number of nitrogens with one attached hydrogen (secondary N) is 1. The van der Waals surface area contributed by atoms with E-state index in [1.165, 1.54) is 35.3 Å². The molecule has 3 rings (SSSR count). The minimum atomic E-state index is 0.433. The molecule has 1 aliphatic carbocycles. The maximum Gasteiger partial charge on any atom is 0.0542 e. The van der Waals surface area contributed by atoms with Gasteiger partial charge in [-0.15, -0.1) is 0 Å². The standard InChI is InChI=1S/C19H24N2/c1-14-7-9-15(10-8-14)19(16-11-12-16)20-17-5-4-6-18(13-17)21(2)3/h4-10,13,16,19-20H,11-12H2,1-3H3. The number of anilines is 2. The SMILES string of the molecule is Cc1ccc(C(Nc2cccc(N(C)C)c2)C2CC2)cc1. The van der Waals surface area contributed by atoms with Gasteiger partial charge in [-0.2, -0.15) is 0 Å². The summed E-state index contributed by atoms with van der Waals surface area (Å²) in [4.78, 5) is 2.14. The average molecular weight is 280 g/mol. The molecule has 2 aromatic carbocycles. The van der Waals surface area contributed by atoms with E-state index < -0.39 is 0 Å². The molecule has 0 bridgehead atoms. The molecule has 0 radical (unpaired) electrons. The van der Waals surface area contributed by atoms with Crippen LogP contribution in [0.5, 0.6) is 0 Å². The van der Waals surface area contributed by atoms with Gasteiger partial charge in [0.1, 0.15) is 0 Å². The van der Waals surface area contributed by atoms with Gasteiger partial charge in [-0.25, -0.2) is 0 Å². The monoisotopic (exact) mass is 280 g/mol. The van der Waals surface area contributed by atoms with Gasteiger partial charge in [0.05, 0.1) is 6.04 Å². The first-order chi connectivity index (χ1) is 10.1. The Labute approximate surface area is 127 Å². The molecule has 0 aromatic heterocycles. The number of benzene rings is 2. The highest BCUT2D eigenvalue weighted by Gasteiger charge is 2.32. The van der Waals surface area contributed by atoms with Crippen molar-refractivity contribution in [3.05, 3.63) is 59.7 Å². The lowest BCUT2D eigenvalue weighted by atomic mass is 10.0. The van der Waals surface area contributed by atoms with Gasteiger partial charge in [0, 0.05) is 25.5 Å². The van der Waals surface area contributed by atoms with E-state index in [-0.39, 0.29) is 0 Å². The summed E-state index contributed by atoms with van der Waals surface area (Å²) in [5.74, 6) is 0.774. The summed E-state index contributed by atoms with van der Waals surface area (Å²) in [6.45, 7) is 2.14. The molecule has 2 aromatic rings. The highest BCUT2D eigenvalue weighted by molar-refractivity contribution is 5.58. The Morgan fingerprint density at radius 1 is 1.05 bits per heavy atom. The first-order valence-electron chi connectivity index (χ1n) is 7.74. The Bertz CT molecular complexity index is 597. The molecule has 0 spiro atoms. The van der Waals surface area contributed by atoms with Gasteiger partial charge in [-0.1, -0.05) is 35.9 Å². The molecular weight excluding hydrogens is 256 g/mol. The fraction of sp³-hybridized carbons (Fsp3) is 0.368.